The maximum absolute atomic E-state index is 13.8. The van der Waals surface area contributed by atoms with Gasteiger partial charge < -0.3 is 5.73 Å². The minimum absolute atomic E-state index is 0.00731. The summed E-state index contributed by atoms with van der Waals surface area (Å²) in [5.41, 5.74) is 4.32. The molecule has 1 aromatic rings. The Morgan fingerprint density at radius 3 is 2.60 bits per heavy atom. The zero-order valence-electron chi connectivity index (χ0n) is 10.8. The summed E-state index contributed by atoms with van der Waals surface area (Å²) >= 11 is 1.43. The fourth-order valence-electron chi connectivity index (χ4n) is 1.37. The molecule has 0 heterocycles. The van der Waals surface area contributed by atoms with Gasteiger partial charge in [0.2, 0.25) is 10.0 Å². The lowest BCUT2D eigenvalue weighted by Gasteiger charge is -2.12. The Kier molecular flexibility index (Phi) is 5.31. The van der Waals surface area contributed by atoms with Crippen LogP contribution in [-0.2, 0) is 10.0 Å². The predicted molar refractivity (Wildman–Crippen MR) is 75.6 cm³/mol. The lowest BCUT2D eigenvalue weighted by Crippen LogP contribution is -2.30. The van der Waals surface area contributed by atoms with Gasteiger partial charge in [0.1, 0.15) is 4.90 Å². The lowest BCUT2D eigenvalue weighted by atomic mass is 10.3. The number of nitrogen functional groups attached to an aromatic ring is 1. The molecule has 0 aromatic heterocycles. The number of nitrogens with one attached hydrogen (secondary N) is 1. The van der Waals surface area contributed by atoms with Gasteiger partial charge >= 0.3 is 0 Å². The first kappa shape index (κ1) is 16.7. The van der Waals surface area contributed by atoms with Gasteiger partial charge in [-0.15, -0.1) is 0 Å². The molecule has 0 aliphatic heterocycles. The fraction of sp³-hybridized carbons (Fsp3) is 0.400. The third-order valence-corrected chi connectivity index (χ3v) is 4.99. The van der Waals surface area contributed by atoms with Crippen molar-refractivity contribution in [3.8, 4) is 0 Å². The van der Waals surface area contributed by atoms with E-state index in [9.17, 15) is 22.9 Å². The highest BCUT2D eigenvalue weighted by Crippen LogP contribution is 2.27. The van der Waals surface area contributed by atoms with Crippen LogP contribution in [0.1, 0.15) is 6.92 Å². The molecule has 112 valence electrons. The molecule has 0 spiro atoms. The van der Waals surface area contributed by atoms with Gasteiger partial charge in [-0.25, -0.2) is 17.5 Å². The van der Waals surface area contributed by atoms with E-state index >= 15 is 0 Å². The number of hydrogen-bond donors (Lipinski definition) is 2. The highest BCUT2D eigenvalue weighted by Gasteiger charge is 2.25. The van der Waals surface area contributed by atoms with Crippen LogP contribution in [0, 0.1) is 15.9 Å². The SMILES string of the molecule is CSC(C)CNS(=O)(=O)c1c(N)cc([N+](=O)[O-])cc1F. The summed E-state index contributed by atoms with van der Waals surface area (Å²) in [7, 11) is -4.16. The number of halogens is 1. The molecule has 1 rings (SSSR count). The number of sulfonamides is 1. The molecule has 0 saturated carbocycles. The van der Waals surface area contributed by atoms with E-state index in [-0.39, 0.29) is 11.8 Å². The van der Waals surface area contributed by atoms with Crippen molar-refractivity contribution in [2.24, 2.45) is 0 Å². The summed E-state index contributed by atoms with van der Waals surface area (Å²) < 4.78 is 39.9. The van der Waals surface area contributed by atoms with E-state index in [0.29, 0.717) is 6.07 Å². The summed E-state index contributed by atoms with van der Waals surface area (Å²) in [6.45, 7) is 1.89. The van der Waals surface area contributed by atoms with Crippen LogP contribution in [0.5, 0.6) is 0 Å². The minimum Gasteiger partial charge on any atom is -0.397 e. The number of nitro benzene ring substituents is 1. The van der Waals surface area contributed by atoms with Crippen molar-refractivity contribution < 1.29 is 17.7 Å². The second-order valence-electron chi connectivity index (χ2n) is 4.00. The summed E-state index contributed by atoms with van der Waals surface area (Å²) in [6.07, 6.45) is 1.81. The van der Waals surface area contributed by atoms with Crippen molar-refractivity contribution in [1.29, 1.82) is 0 Å². The van der Waals surface area contributed by atoms with Gasteiger partial charge in [-0.1, -0.05) is 6.92 Å². The molecule has 0 fully saturated rings. The third-order valence-electron chi connectivity index (χ3n) is 2.50. The van der Waals surface area contributed by atoms with Crippen LogP contribution < -0.4 is 10.5 Å². The molecule has 0 amide bonds. The maximum Gasteiger partial charge on any atom is 0.274 e. The van der Waals surface area contributed by atoms with Crippen LogP contribution in [0.25, 0.3) is 0 Å². The Labute approximate surface area is 119 Å². The van der Waals surface area contributed by atoms with Crippen LogP contribution in [0.3, 0.4) is 0 Å². The quantitative estimate of drug-likeness (QED) is 0.464. The number of thioether (sulfide) groups is 1. The minimum atomic E-state index is -4.16. The second kappa shape index (κ2) is 6.37. The van der Waals surface area contributed by atoms with Crippen molar-refractivity contribution in [2.75, 3.05) is 18.5 Å². The van der Waals surface area contributed by atoms with Crippen LogP contribution in [0.15, 0.2) is 17.0 Å². The van der Waals surface area contributed by atoms with Crippen LogP contribution in [0.2, 0.25) is 0 Å². The number of nitrogens with two attached hydrogens (primary N) is 1. The van der Waals surface area contributed by atoms with Crippen molar-refractivity contribution in [3.63, 3.8) is 0 Å². The van der Waals surface area contributed by atoms with Gasteiger partial charge in [0.05, 0.1) is 16.7 Å². The Hall–Kier alpha value is -1.39. The molecule has 0 saturated heterocycles. The average Bonchev–Trinajstić information content (AvgIpc) is 2.34. The number of nitro groups is 1. The number of benzene rings is 1. The predicted octanol–water partition coefficient (Wildman–Crippen LogP) is 1.35. The van der Waals surface area contributed by atoms with Gasteiger partial charge in [0.25, 0.3) is 5.69 Å². The molecule has 3 N–H and O–H groups in total. The number of rotatable bonds is 6. The topological polar surface area (TPSA) is 115 Å². The number of nitrogens with zero attached hydrogens (tertiary/aromatic N) is 1. The van der Waals surface area contributed by atoms with Gasteiger partial charge in [0.15, 0.2) is 5.82 Å². The molecule has 1 unspecified atom stereocenters. The molecular weight excluding hydrogens is 309 g/mol. The first-order valence-electron chi connectivity index (χ1n) is 5.45. The number of anilines is 1. The first-order valence-corrected chi connectivity index (χ1v) is 8.22. The van der Waals surface area contributed by atoms with E-state index in [2.05, 4.69) is 4.72 Å². The second-order valence-corrected chi connectivity index (χ2v) is 6.98. The van der Waals surface area contributed by atoms with Crippen LogP contribution in [-0.4, -0.2) is 31.4 Å². The normalized spacial score (nSPS) is 13.2. The largest absolute Gasteiger partial charge is 0.397 e. The zero-order valence-corrected chi connectivity index (χ0v) is 12.4. The summed E-state index contributed by atoms with van der Waals surface area (Å²) in [4.78, 5) is 8.92. The van der Waals surface area contributed by atoms with E-state index in [1.54, 1.807) is 13.2 Å². The van der Waals surface area contributed by atoms with Crippen molar-refractivity contribution in [1.82, 2.24) is 4.72 Å². The van der Waals surface area contributed by atoms with E-state index in [4.69, 9.17) is 5.73 Å². The smallest absolute Gasteiger partial charge is 0.274 e. The van der Waals surface area contributed by atoms with Gasteiger partial charge in [-0.3, -0.25) is 10.1 Å². The van der Waals surface area contributed by atoms with E-state index in [1.807, 2.05) is 0 Å². The molecule has 0 aliphatic carbocycles. The summed E-state index contributed by atoms with van der Waals surface area (Å²) in [5.74, 6) is -1.25. The molecule has 0 radical (unpaired) electrons. The molecule has 0 aliphatic rings. The molecule has 1 aromatic carbocycles. The van der Waals surface area contributed by atoms with Crippen molar-refractivity contribution >= 4 is 33.2 Å². The average molecular weight is 323 g/mol. The van der Waals surface area contributed by atoms with Crippen molar-refractivity contribution in [3.05, 3.63) is 28.1 Å². The molecule has 7 nitrogen and oxygen atoms in total. The first-order chi connectivity index (χ1) is 9.19. The van der Waals surface area contributed by atoms with Crippen LogP contribution in [0.4, 0.5) is 15.8 Å². The molecular formula is C10H14FN3O4S2. The van der Waals surface area contributed by atoms with Crippen LogP contribution >= 0.6 is 11.8 Å². The summed E-state index contributed by atoms with van der Waals surface area (Å²) in [5, 5.41) is 10.5. The molecule has 20 heavy (non-hydrogen) atoms. The third kappa shape index (κ3) is 3.81. The Balaban J connectivity index is 3.16. The Morgan fingerprint density at radius 1 is 1.55 bits per heavy atom. The van der Waals surface area contributed by atoms with E-state index < -0.39 is 37.0 Å². The number of non-ortho nitro benzene ring substituents is 1. The molecule has 1 atom stereocenters. The van der Waals surface area contributed by atoms with E-state index in [0.717, 1.165) is 6.07 Å². The molecule has 0 bridgehead atoms. The zero-order chi connectivity index (χ0) is 15.5. The molecule has 10 heteroatoms. The Bertz CT molecular complexity index is 598. The lowest BCUT2D eigenvalue weighted by molar-refractivity contribution is -0.385. The van der Waals surface area contributed by atoms with Gasteiger partial charge in [-0.2, -0.15) is 11.8 Å². The van der Waals surface area contributed by atoms with Gasteiger partial charge in [0, 0.05) is 17.9 Å². The maximum atomic E-state index is 13.8. The van der Waals surface area contributed by atoms with Crippen molar-refractivity contribution in [2.45, 2.75) is 17.1 Å². The highest BCUT2D eigenvalue weighted by molar-refractivity contribution is 7.99. The Morgan fingerprint density at radius 2 is 2.15 bits per heavy atom. The van der Waals surface area contributed by atoms with Gasteiger partial charge in [-0.05, 0) is 6.26 Å². The summed E-state index contributed by atoms with van der Waals surface area (Å²) in [6, 6.07) is 1.35. The monoisotopic (exact) mass is 323 g/mol. The van der Waals surface area contributed by atoms with E-state index in [1.165, 1.54) is 11.8 Å². The fourth-order valence-corrected chi connectivity index (χ4v) is 3.03. The number of hydrogen-bond acceptors (Lipinski definition) is 6. The standard InChI is InChI=1S/C10H14FN3O4S2/c1-6(19-2)5-13-20(17,18)10-8(11)3-7(14(15)16)4-9(10)12/h3-4,6,13H,5,12H2,1-2H3. The highest BCUT2D eigenvalue weighted by atomic mass is 32.2.